The number of carbonyl (C=O) groups is 2. The number of aromatic nitrogens is 2. The van der Waals surface area contributed by atoms with E-state index < -0.39 is 5.97 Å². The molecule has 1 heterocycles. The van der Waals surface area contributed by atoms with Crippen molar-refractivity contribution in [1.82, 2.24) is 15.5 Å². The van der Waals surface area contributed by atoms with Crippen molar-refractivity contribution in [2.24, 2.45) is 0 Å². The summed E-state index contributed by atoms with van der Waals surface area (Å²) < 4.78 is 14.7. The van der Waals surface area contributed by atoms with Gasteiger partial charge in [0.05, 0.1) is 12.1 Å². The summed E-state index contributed by atoms with van der Waals surface area (Å²) in [7, 11) is 0. The molecule has 0 saturated heterocycles. The molecular weight excluding hydrogens is 493 g/mol. The molecule has 0 radical (unpaired) electrons. The minimum atomic E-state index is -0.965. The average Bonchev–Trinajstić information content (AvgIpc) is 3.28. The van der Waals surface area contributed by atoms with E-state index in [0.29, 0.717) is 16.1 Å². The summed E-state index contributed by atoms with van der Waals surface area (Å²) >= 11 is 6.20. The van der Waals surface area contributed by atoms with Crippen LogP contribution in [0.4, 0.5) is 4.39 Å². The van der Waals surface area contributed by atoms with Crippen molar-refractivity contribution in [3.8, 4) is 0 Å². The summed E-state index contributed by atoms with van der Waals surface area (Å²) in [6.07, 6.45) is 1.61. The van der Waals surface area contributed by atoms with E-state index in [0.717, 1.165) is 40.6 Å². The van der Waals surface area contributed by atoms with E-state index in [2.05, 4.69) is 22.4 Å². The Balaban J connectivity index is 1.76. The number of H-pyrrole nitrogens is 1. The van der Waals surface area contributed by atoms with Crippen molar-refractivity contribution in [2.45, 2.75) is 44.9 Å². The van der Waals surface area contributed by atoms with Crippen LogP contribution in [0.15, 0.2) is 60.7 Å². The topological polar surface area (TPSA) is 95.1 Å². The molecular formula is C29H29ClFN3O3. The fourth-order valence-electron chi connectivity index (χ4n) is 4.84. The van der Waals surface area contributed by atoms with Crippen molar-refractivity contribution in [1.29, 1.82) is 0 Å². The van der Waals surface area contributed by atoms with E-state index in [9.17, 15) is 14.0 Å². The van der Waals surface area contributed by atoms with Gasteiger partial charge in [-0.15, -0.1) is 0 Å². The molecule has 0 fully saturated rings. The van der Waals surface area contributed by atoms with Crippen molar-refractivity contribution < 1.29 is 19.1 Å². The van der Waals surface area contributed by atoms with Gasteiger partial charge in [-0.2, -0.15) is 5.10 Å². The Labute approximate surface area is 219 Å². The van der Waals surface area contributed by atoms with Crippen LogP contribution in [-0.4, -0.2) is 33.7 Å². The number of nitrogens with one attached hydrogen (secondary N) is 2. The number of carboxylic acids is 1. The van der Waals surface area contributed by atoms with Gasteiger partial charge in [0.1, 0.15) is 5.52 Å². The fraction of sp³-hybridized carbons (Fsp3) is 0.276. The predicted molar refractivity (Wildman–Crippen MR) is 143 cm³/mol. The maximum atomic E-state index is 14.7. The number of halogens is 2. The molecule has 0 aliphatic rings. The number of benzene rings is 3. The van der Waals surface area contributed by atoms with Gasteiger partial charge in [0.15, 0.2) is 5.82 Å². The number of aliphatic carboxylic acids is 1. The zero-order valence-electron chi connectivity index (χ0n) is 20.7. The van der Waals surface area contributed by atoms with Crippen molar-refractivity contribution in [3.63, 3.8) is 0 Å². The number of aryl methyl sites for hydroxylation is 1. The number of hydrogen-bond acceptors (Lipinski definition) is 3. The molecule has 0 saturated carbocycles. The molecule has 1 aromatic heterocycles. The number of carboxylic acid groups (broad SMARTS) is 1. The summed E-state index contributed by atoms with van der Waals surface area (Å²) in [5.41, 5.74) is 4.45. The Morgan fingerprint density at radius 1 is 1.08 bits per heavy atom. The first-order chi connectivity index (χ1) is 17.8. The number of rotatable bonds is 10. The Morgan fingerprint density at radius 3 is 2.41 bits per heavy atom. The second kappa shape index (κ2) is 11.6. The minimum Gasteiger partial charge on any atom is -0.481 e. The smallest absolute Gasteiger partial charge is 0.305 e. The van der Waals surface area contributed by atoms with E-state index in [4.69, 9.17) is 16.7 Å². The van der Waals surface area contributed by atoms with E-state index in [1.54, 1.807) is 12.1 Å². The third-order valence-electron chi connectivity index (χ3n) is 6.55. The minimum absolute atomic E-state index is 0.00233. The average molecular weight is 522 g/mol. The number of nitrogens with zero attached hydrogens (tertiary/aromatic N) is 1. The molecule has 0 aliphatic carbocycles. The standard InChI is InChI=1S/C29H29ClFN3O3/c1-3-4-22(18-5-7-20(8-6-18)29(37)32-14-13-25(35)36)26(19-9-11-21(30)12-10-19)28-23-15-17(2)16-24(31)27(23)33-34-28/h5-12,15-16,22,26H,3-4,13-14H2,1-2H3,(H,32,37)(H,33,34)(H,35,36)/t22-,26?/m1/s1. The highest BCUT2D eigenvalue weighted by Gasteiger charge is 2.30. The Kier molecular flexibility index (Phi) is 8.24. The van der Waals surface area contributed by atoms with Crippen LogP contribution in [0.2, 0.25) is 5.02 Å². The van der Waals surface area contributed by atoms with Gasteiger partial charge in [0, 0.05) is 28.4 Å². The van der Waals surface area contributed by atoms with E-state index in [-0.39, 0.29) is 36.5 Å². The number of carbonyl (C=O) groups excluding carboxylic acids is 1. The molecule has 192 valence electrons. The quantitative estimate of drug-likeness (QED) is 0.219. The summed E-state index contributed by atoms with van der Waals surface area (Å²) in [5, 5.41) is 20.2. The molecule has 4 rings (SSSR count). The fourth-order valence-corrected chi connectivity index (χ4v) is 4.97. The third kappa shape index (κ3) is 6.00. The Hall–Kier alpha value is -3.71. The maximum absolute atomic E-state index is 14.7. The molecule has 0 spiro atoms. The predicted octanol–water partition coefficient (Wildman–Crippen LogP) is 6.58. The monoisotopic (exact) mass is 521 g/mol. The molecule has 1 unspecified atom stereocenters. The highest BCUT2D eigenvalue weighted by molar-refractivity contribution is 6.30. The molecule has 8 heteroatoms. The van der Waals surface area contributed by atoms with E-state index >= 15 is 0 Å². The molecule has 37 heavy (non-hydrogen) atoms. The van der Waals surface area contributed by atoms with Crippen LogP contribution in [0.3, 0.4) is 0 Å². The van der Waals surface area contributed by atoms with Gasteiger partial charge < -0.3 is 10.4 Å². The second-order valence-electron chi connectivity index (χ2n) is 9.23. The lowest BCUT2D eigenvalue weighted by Crippen LogP contribution is -2.26. The third-order valence-corrected chi connectivity index (χ3v) is 6.81. The van der Waals surface area contributed by atoms with Crippen molar-refractivity contribution in [2.75, 3.05) is 6.54 Å². The lowest BCUT2D eigenvalue weighted by Gasteiger charge is -2.28. The summed E-state index contributed by atoms with van der Waals surface area (Å²) in [6, 6.07) is 18.5. The second-order valence-corrected chi connectivity index (χ2v) is 9.66. The molecule has 1 amide bonds. The number of amides is 1. The Morgan fingerprint density at radius 2 is 1.76 bits per heavy atom. The number of aromatic amines is 1. The van der Waals surface area contributed by atoms with Crippen LogP contribution in [0.5, 0.6) is 0 Å². The normalized spacial score (nSPS) is 12.9. The largest absolute Gasteiger partial charge is 0.481 e. The molecule has 0 bridgehead atoms. The van der Waals surface area contributed by atoms with Gasteiger partial charge >= 0.3 is 5.97 Å². The van der Waals surface area contributed by atoms with Crippen molar-refractivity contribution >= 4 is 34.4 Å². The number of hydrogen-bond donors (Lipinski definition) is 3. The van der Waals surface area contributed by atoms with Gasteiger partial charge in [0.25, 0.3) is 5.91 Å². The molecule has 2 atom stereocenters. The van der Waals surface area contributed by atoms with Crippen LogP contribution >= 0.6 is 11.6 Å². The molecule has 4 aromatic rings. The van der Waals surface area contributed by atoms with Gasteiger partial charge in [-0.25, -0.2) is 4.39 Å². The van der Waals surface area contributed by atoms with Crippen LogP contribution < -0.4 is 5.32 Å². The first kappa shape index (κ1) is 26.4. The van der Waals surface area contributed by atoms with Gasteiger partial charge in [-0.05, 0) is 72.4 Å². The van der Waals surface area contributed by atoms with Gasteiger partial charge in [0.2, 0.25) is 0 Å². The molecule has 3 N–H and O–H groups in total. The van der Waals surface area contributed by atoms with E-state index in [1.807, 2.05) is 49.4 Å². The molecule has 0 aliphatic heterocycles. The van der Waals surface area contributed by atoms with E-state index in [1.165, 1.54) is 6.07 Å². The SMILES string of the molecule is CCC[C@H](c1ccc(C(=O)NCCC(=O)O)cc1)C(c1ccc(Cl)cc1)c1[nH]nc2c(F)cc(C)cc12. The Bertz CT molecular complexity index is 1400. The van der Waals surface area contributed by atoms with Crippen LogP contribution in [-0.2, 0) is 4.79 Å². The summed E-state index contributed by atoms with van der Waals surface area (Å²) in [4.78, 5) is 23.2. The summed E-state index contributed by atoms with van der Waals surface area (Å²) in [6.45, 7) is 4.04. The number of fused-ring (bicyclic) bond motifs is 1. The zero-order valence-corrected chi connectivity index (χ0v) is 21.5. The van der Waals surface area contributed by atoms with Crippen LogP contribution in [0.1, 0.15) is 70.8 Å². The lowest BCUT2D eigenvalue weighted by atomic mass is 9.76. The van der Waals surface area contributed by atoms with Gasteiger partial charge in [-0.3, -0.25) is 14.7 Å². The molecule has 6 nitrogen and oxygen atoms in total. The molecule has 3 aromatic carbocycles. The lowest BCUT2D eigenvalue weighted by molar-refractivity contribution is -0.136. The van der Waals surface area contributed by atoms with Gasteiger partial charge in [-0.1, -0.05) is 49.2 Å². The highest BCUT2D eigenvalue weighted by atomic mass is 35.5. The van der Waals surface area contributed by atoms with Crippen LogP contribution in [0, 0.1) is 12.7 Å². The maximum Gasteiger partial charge on any atom is 0.305 e. The van der Waals surface area contributed by atoms with Crippen molar-refractivity contribution in [3.05, 3.63) is 99.5 Å². The highest BCUT2D eigenvalue weighted by Crippen LogP contribution is 2.43. The first-order valence-electron chi connectivity index (χ1n) is 12.3. The van der Waals surface area contributed by atoms with Crippen LogP contribution in [0.25, 0.3) is 10.9 Å². The zero-order chi connectivity index (χ0) is 26.5. The first-order valence-corrected chi connectivity index (χ1v) is 12.7. The summed E-state index contributed by atoms with van der Waals surface area (Å²) in [5.74, 6) is -1.81.